The maximum atomic E-state index is 13.9. The second-order valence-electron chi connectivity index (χ2n) is 9.33. The van der Waals surface area contributed by atoms with Crippen LogP contribution in [0.2, 0.25) is 0 Å². The molecule has 0 bridgehead atoms. The summed E-state index contributed by atoms with van der Waals surface area (Å²) < 4.78 is 9.90. The van der Waals surface area contributed by atoms with E-state index in [1.165, 1.54) is 18.2 Å². The molecule has 2 rings (SSSR count). The molecule has 2 unspecified atom stereocenters. The van der Waals surface area contributed by atoms with Crippen LogP contribution in [0.1, 0.15) is 43.5 Å². The number of amides is 3. The zero-order chi connectivity index (χ0) is 29.2. The lowest BCUT2D eigenvalue weighted by Crippen LogP contribution is -2.52. The summed E-state index contributed by atoms with van der Waals surface area (Å²) in [5.74, 6) is 0.146. The number of phenols is 1. The highest BCUT2D eigenvalue weighted by molar-refractivity contribution is 5.94. The molecule has 3 N–H and O–H groups in total. The highest BCUT2D eigenvalue weighted by Gasteiger charge is 2.37. The Morgan fingerprint density at radius 3 is 2.26 bits per heavy atom. The Balaban J connectivity index is 2.54. The highest BCUT2D eigenvalue weighted by atomic mass is 16.6. The number of aromatic hydroxyl groups is 1. The zero-order valence-electron chi connectivity index (χ0n) is 22.2. The number of carbonyl (C=O) groups excluding carboxylic acids is 4. The van der Waals surface area contributed by atoms with Gasteiger partial charge in [0.05, 0.1) is 7.11 Å². The van der Waals surface area contributed by atoms with E-state index in [1.807, 2.05) is 0 Å². The lowest BCUT2D eigenvalue weighted by molar-refractivity contribution is -0.142. The number of nitrogens with one attached hydrogen (secondary N) is 2. The number of terminal acetylenes is 2. The van der Waals surface area contributed by atoms with Crippen LogP contribution < -0.4 is 10.6 Å². The van der Waals surface area contributed by atoms with Crippen molar-refractivity contribution >= 4 is 23.9 Å². The Morgan fingerprint density at radius 2 is 1.69 bits per heavy atom. The SMILES string of the molecule is C#Cc1ccccc1C(C(=O)NCC(=O)OC)N(C#C)C(=O)C(Cc1ccc(O)cc1)NC(=O)OC(C)(C)C. The maximum Gasteiger partial charge on any atom is 0.408 e. The monoisotopic (exact) mass is 533 g/mol. The molecule has 2 aromatic rings. The number of methoxy groups -OCH3 is 1. The van der Waals surface area contributed by atoms with E-state index in [1.54, 1.807) is 51.1 Å². The number of hydrogen-bond donors (Lipinski definition) is 3. The largest absolute Gasteiger partial charge is 0.508 e. The van der Waals surface area contributed by atoms with Crippen LogP contribution in [0.5, 0.6) is 5.75 Å². The standard InChI is InChI=1S/C29H31N3O7/c1-7-20-11-9-10-12-22(20)25(26(35)30-18-24(34)38-6)32(8-2)27(36)23(31-28(37)39-29(3,4)5)17-19-13-15-21(33)16-14-19/h1-2,9-16,23,25,33H,17-18H2,3-6H3,(H,30,35)(H,31,37). The number of nitrogens with zero attached hydrogens (tertiary/aromatic N) is 1. The number of hydrogen-bond acceptors (Lipinski definition) is 7. The topological polar surface area (TPSA) is 134 Å². The van der Waals surface area contributed by atoms with Gasteiger partial charge in [0.15, 0.2) is 0 Å². The minimum atomic E-state index is -1.46. The predicted octanol–water partition coefficient (Wildman–Crippen LogP) is 2.26. The molecule has 0 radical (unpaired) electrons. The Kier molecular flexibility index (Phi) is 10.5. The number of benzene rings is 2. The molecule has 10 heteroatoms. The highest BCUT2D eigenvalue weighted by Crippen LogP contribution is 2.26. The van der Waals surface area contributed by atoms with Crippen LogP contribution in [0, 0.1) is 24.8 Å². The number of alkyl carbamates (subject to hydrolysis) is 1. The Hall–Kier alpha value is -4.96. The Bertz CT molecular complexity index is 1280. The zero-order valence-corrected chi connectivity index (χ0v) is 22.2. The van der Waals surface area contributed by atoms with Gasteiger partial charge in [-0.05, 0) is 44.5 Å². The first-order chi connectivity index (χ1) is 18.4. The van der Waals surface area contributed by atoms with Gasteiger partial charge < -0.3 is 25.2 Å². The molecule has 2 atom stereocenters. The van der Waals surface area contributed by atoms with Crippen LogP contribution in [0.3, 0.4) is 0 Å². The van der Waals surface area contributed by atoms with E-state index in [-0.39, 0.29) is 17.7 Å². The molecular formula is C29H31N3O7. The van der Waals surface area contributed by atoms with Crippen molar-refractivity contribution in [3.05, 3.63) is 65.2 Å². The van der Waals surface area contributed by atoms with Crippen molar-refractivity contribution in [3.8, 4) is 30.6 Å². The van der Waals surface area contributed by atoms with Gasteiger partial charge in [-0.15, -0.1) is 6.42 Å². The van der Waals surface area contributed by atoms with Crippen molar-refractivity contribution < 1.29 is 33.8 Å². The molecule has 0 aliphatic heterocycles. The summed E-state index contributed by atoms with van der Waals surface area (Å²) in [7, 11) is 1.16. The lowest BCUT2D eigenvalue weighted by Gasteiger charge is -2.31. The van der Waals surface area contributed by atoms with Crippen LogP contribution in [-0.2, 0) is 30.3 Å². The summed E-state index contributed by atoms with van der Waals surface area (Å²) in [4.78, 5) is 52.4. The average Bonchev–Trinajstić information content (AvgIpc) is 2.89. The minimum absolute atomic E-state index is 0.0141. The molecule has 2 aromatic carbocycles. The fourth-order valence-electron chi connectivity index (χ4n) is 3.54. The van der Waals surface area contributed by atoms with Gasteiger partial charge >= 0.3 is 12.1 Å². The summed E-state index contributed by atoms with van der Waals surface area (Å²) in [6.45, 7) is 4.50. The van der Waals surface area contributed by atoms with E-state index in [4.69, 9.17) is 17.6 Å². The molecule has 0 aliphatic carbocycles. The van der Waals surface area contributed by atoms with Gasteiger partial charge in [0.2, 0.25) is 5.91 Å². The molecule has 3 amide bonds. The lowest BCUT2D eigenvalue weighted by atomic mass is 9.97. The molecule has 0 aromatic heterocycles. The van der Waals surface area contributed by atoms with Crippen LogP contribution >= 0.6 is 0 Å². The summed E-state index contributed by atoms with van der Waals surface area (Å²) in [6.07, 6.45) is 10.5. The smallest absolute Gasteiger partial charge is 0.408 e. The van der Waals surface area contributed by atoms with Crippen LogP contribution in [0.25, 0.3) is 0 Å². The third-order valence-electron chi connectivity index (χ3n) is 5.29. The summed E-state index contributed by atoms with van der Waals surface area (Å²) in [6, 6.07) is 11.9. The van der Waals surface area contributed by atoms with Crippen molar-refractivity contribution in [1.29, 1.82) is 0 Å². The Morgan fingerprint density at radius 1 is 1.05 bits per heavy atom. The third kappa shape index (κ3) is 8.83. The summed E-state index contributed by atoms with van der Waals surface area (Å²) in [5.41, 5.74) is 0.243. The predicted molar refractivity (Wildman–Crippen MR) is 143 cm³/mol. The fourth-order valence-corrected chi connectivity index (χ4v) is 3.54. The van der Waals surface area contributed by atoms with Gasteiger partial charge in [-0.25, -0.2) is 4.79 Å². The van der Waals surface area contributed by atoms with Crippen molar-refractivity contribution in [2.24, 2.45) is 0 Å². The number of carbonyl (C=O) groups is 4. The number of rotatable bonds is 9. The van der Waals surface area contributed by atoms with Crippen LogP contribution in [0.15, 0.2) is 48.5 Å². The first kappa shape index (κ1) is 30.3. The van der Waals surface area contributed by atoms with Crippen molar-refractivity contribution in [3.63, 3.8) is 0 Å². The number of ether oxygens (including phenoxy) is 2. The second-order valence-corrected chi connectivity index (χ2v) is 9.33. The maximum absolute atomic E-state index is 13.9. The first-order valence-corrected chi connectivity index (χ1v) is 11.9. The van der Waals surface area contributed by atoms with Gasteiger partial charge in [0, 0.05) is 23.6 Å². The second kappa shape index (κ2) is 13.5. The molecule has 0 fully saturated rings. The third-order valence-corrected chi connectivity index (χ3v) is 5.29. The van der Waals surface area contributed by atoms with E-state index in [0.717, 1.165) is 12.0 Å². The molecule has 0 aliphatic rings. The molecule has 204 valence electrons. The molecular weight excluding hydrogens is 502 g/mol. The molecule has 0 saturated carbocycles. The average molecular weight is 534 g/mol. The van der Waals surface area contributed by atoms with E-state index < -0.39 is 48.1 Å². The molecule has 0 spiro atoms. The Labute approximate surface area is 227 Å². The molecule has 0 heterocycles. The number of phenolic OH excluding ortho intramolecular Hbond substituents is 1. The molecule has 39 heavy (non-hydrogen) atoms. The fraction of sp³-hybridized carbons (Fsp3) is 0.310. The quantitative estimate of drug-likeness (QED) is 0.256. The minimum Gasteiger partial charge on any atom is -0.508 e. The van der Waals surface area contributed by atoms with Gasteiger partial charge in [0.1, 0.15) is 30.0 Å². The van der Waals surface area contributed by atoms with E-state index in [9.17, 15) is 24.3 Å². The first-order valence-electron chi connectivity index (χ1n) is 11.9. The van der Waals surface area contributed by atoms with Gasteiger partial charge in [0.25, 0.3) is 5.91 Å². The normalized spacial score (nSPS) is 12.1. The summed E-state index contributed by atoms with van der Waals surface area (Å²) in [5, 5.41) is 14.6. The summed E-state index contributed by atoms with van der Waals surface area (Å²) >= 11 is 0. The van der Waals surface area contributed by atoms with Gasteiger partial charge in [-0.2, -0.15) is 0 Å². The molecule has 0 saturated heterocycles. The van der Waals surface area contributed by atoms with Crippen molar-refractivity contribution in [2.75, 3.05) is 13.7 Å². The number of esters is 1. The van der Waals surface area contributed by atoms with Crippen molar-refractivity contribution in [2.45, 2.75) is 44.9 Å². The van der Waals surface area contributed by atoms with Gasteiger partial charge in [-0.1, -0.05) is 42.7 Å². The van der Waals surface area contributed by atoms with E-state index in [2.05, 4.69) is 27.3 Å². The van der Waals surface area contributed by atoms with E-state index in [0.29, 0.717) is 11.1 Å². The van der Waals surface area contributed by atoms with Crippen LogP contribution in [-0.4, -0.2) is 59.2 Å². The van der Waals surface area contributed by atoms with E-state index >= 15 is 0 Å². The molecule has 10 nitrogen and oxygen atoms in total. The van der Waals surface area contributed by atoms with Crippen molar-refractivity contribution in [1.82, 2.24) is 15.5 Å². The van der Waals surface area contributed by atoms with Gasteiger partial charge in [-0.3, -0.25) is 19.3 Å². The van der Waals surface area contributed by atoms with Crippen LogP contribution in [0.4, 0.5) is 4.79 Å².